The van der Waals surface area contributed by atoms with Crippen molar-refractivity contribution in [2.45, 2.75) is 39.7 Å². The van der Waals surface area contributed by atoms with Crippen LogP contribution in [0.3, 0.4) is 0 Å². The van der Waals surface area contributed by atoms with Crippen molar-refractivity contribution >= 4 is 28.7 Å². The highest BCUT2D eigenvalue weighted by Gasteiger charge is 2.24. The minimum absolute atomic E-state index is 0.103. The minimum atomic E-state index is -0.274. The van der Waals surface area contributed by atoms with Gasteiger partial charge in [0.15, 0.2) is 5.65 Å². The number of rotatable bonds is 7. The Morgan fingerprint density at radius 3 is 2.73 bits per heavy atom. The number of pyridine rings is 1. The van der Waals surface area contributed by atoms with E-state index in [1.165, 1.54) is 0 Å². The fourth-order valence-corrected chi connectivity index (χ4v) is 3.28. The molecule has 0 aliphatic heterocycles. The van der Waals surface area contributed by atoms with Crippen molar-refractivity contribution in [3.63, 3.8) is 0 Å². The molecular weight excluding hydrogens is 348 g/mol. The predicted octanol–water partition coefficient (Wildman–Crippen LogP) is 3.97. The molecule has 3 aromatic rings. The van der Waals surface area contributed by atoms with Crippen molar-refractivity contribution in [2.24, 2.45) is 11.1 Å². The van der Waals surface area contributed by atoms with Crippen LogP contribution in [0.15, 0.2) is 42.6 Å². The smallest absolute Gasteiger partial charge is 0.217 e. The standard InChI is InChI=1S/C20H23ClN4O/c1-20(2,10-9-17(22)26)12-18-24-16-8-5-11-23-19(16)25(18)13-14-6-3-4-7-15(14)21/h3-8,11H,9-10,12-13H2,1-2H3,(H2,22,26). The monoisotopic (exact) mass is 370 g/mol. The number of halogens is 1. The Morgan fingerprint density at radius 1 is 1.23 bits per heavy atom. The van der Waals surface area contributed by atoms with Gasteiger partial charge in [-0.25, -0.2) is 9.97 Å². The summed E-state index contributed by atoms with van der Waals surface area (Å²) in [6, 6.07) is 11.6. The number of nitrogens with two attached hydrogens (primary N) is 1. The molecule has 5 nitrogen and oxygen atoms in total. The molecule has 2 heterocycles. The quantitative estimate of drug-likeness (QED) is 0.683. The Bertz CT molecular complexity index is 932. The van der Waals surface area contributed by atoms with Gasteiger partial charge < -0.3 is 10.3 Å². The van der Waals surface area contributed by atoms with Crippen molar-refractivity contribution in [3.05, 3.63) is 59.0 Å². The summed E-state index contributed by atoms with van der Waals surface area (Å²) in [5, 5.41) is 0.726. The zero-order chi connectivity index (χ0) is 18.7. The van der Waals surface area contributed by atoms with Gasteiger partial charge in [0.25, 0.3) is 0 Å². The molecule has 2 aromatic heterocycles. The molecule has 0 bridgehead atoms. The third-order valence-corrected chi connectivity index (χ3v) is 4.92. The first-order chi connectivity index (χ1) is 12.4. The van der Waals surface area contributed by atoms with Gasteiger partial charge in [-0.3, -0.25) is 4.79 Å². The van der Waals surface area contributed by atoms with Crippen LogP contribution in [-0.2, 0) is 17.8 Å². The summed E-state index contributed by atoms with van der Waals surface area (Å²) in [7, 11) is 0. The van der Waals surface area contributed by atoms with Crippen molar-refractivity contribution in [3.8, 4) is 0 Å². The van der Waals surface area contributed by atoms with Gasteiger partial charge in [-0.2, -0.15) is 0 Å². The Balaban J connectivity index is 1.97. The van der Waals surface area contributed by atoms with E-state index in [1.54, 1.807) is 6.20 Å². The van der Waals surface area contributed by atoms with E-state index in [2.05, 4.69) is 23.4 Å². The lowest BCUT2D eigenvalue weighted by molar-refractivity contribution is -0.118. The molecule has 0 radical (unpaired) electrons. The number of imidazole rings is 1. The molecule has 0 saturated carbocycles. The number of aromatic nitrogens is 3. The number of carbonyl (C=O) groups is 1. The number of hydrogen-bond acceptors (Lipinski definition) is 3. The average molecular weight is 371 g/mol. The highest BCUT2D eigenvalue weighted by atomic mass is 35.5. The number of carbonyl (C=O) groups excluding carboxylic acids is 1. The molecule has 0 unspecified atom stereocenters. The summed E-state index contributed by atoms with van der Waals surface area (Å²) < 4.78 is 2.11. The van der Waals surface area contributed by atoms with Gasteiger partial charge in [-0.05, 0) is 35.6 Å². The van der Waals surface area contributed by atoms with Crippen LogP contribution >= 0.6 is 11.6 Å². The van der Waals surface area contributed by atoms with Crippen LogP contribution in [0.5, 0.6) is 0 Å². The molecule has 2 N–H and O–H groups in total. The van der Waals surface area contributed by atoms with Crippen molar-refractivity contribution in [2.75, 3.05) is 0 Å². The van der Waals surface area contributed by atoms with E-state index < -0.39 is 0 Å². The summed E-state index contributed by atoms with van der Waals surface area (Å²) in [6.45, 7) is 4.86. The topological polar surface area (TPSA) is 73.8 Å². The van der Waals surface area contributed by atoms with Crippen LogP contribution in [0.2, 0.25) is 5.02 Å². The predicted molar refractivity (Wildman–Crippen MR) is 104 cm³/mol. The summed E-state index contributed by atoms with van der Waals surface area (Å²) in [5.41, 5.74) is 7.94. The summed E-state index contributed by atoms with van der Waals surface area (Å²) in [4.78, 5) is 20.5. The molecule has 0 aliphatic carbocycles. The van der Waals surface area contributed by atoms with Crippen LogP contribution < -0.4 is 5.73 Å². The number of fused-ring (bicyclic) bond motifs is 1. The second-order valence-corrected chi connectivity index (χ2v) is 7.77. The summed E-state index contributed by atoms with van der Waals surface area (Å²) in [5.74, 6) is 0.664. The average Bonchev–Trinajstić information content (AvgIpc) is 2.92. The van der Waals surface area contributed by atoms with Crippen molar-refractivity contribution < 1.29 is 4.79 Å². The Labute approximate surface area is 158 Å². The van der Waals surface area contributed by atoms with Crippen LogP contribution in [0.25, 0.3) is 11.2 Å². The minimum Gasteiger partial charge on any atom is -0.370 e. The summed E-state index contributed by atoms with van der Waals surface area (Å²) >= 11 is 6.36. The maximum atomic E-state index is 11.2. The number of primary amides is 1. The molecular formula is C20H23ClN4O. The van der Waals surface area contributed by atoms with Gasteiger partial charge >= 0.3 is 0 Å². The first-order valence-corrected chi connectivity index (χ1v) is 9.05. The normalized spacial score (nSPS) is 11.8. The van der Waals surface area contributed by atoms with E-state index in [0.29, 0.717) is 19.4 Å². The number of benzene rings is 1. The van der Waals surface area contributed by atoms with Crippen LogP contribution in [0, 0.1) is 5.41 Å². The summed E-state index contributed by atoms with van der Waals surface area (Å²) in [6.07, 6.45) is 3.58. The number of nitrogens with zero attached hydrogens (tertiary/aromatic N) is 3. The SMILES string of the molecule is CC(C)(CCC(N)=O)Cc1nc2cccnc2n1Cc1ccccc1Cl. The number of hydrogen-bond donors (Lipinski definition) is 1. The lowest BCUT2D eigenvalue weighted by Crippen LogP contribution is -2.22. The maximum absolute atomic E-state index is 11.2. The largest absolute Gasteiger partial charge is 0.370 e. The second kappa shape index (κ2) is 7.46. The highest BCUT2D eigenvalue weighted by Crippen LogP contribution is 2.29. The van der Waals surface area contributed by atoms with Gasteiger partial charge in [0, 0.05) is 24.1 Å². The Morgan fingerprint density at radius 2 is 2.00 bits per heavy atom. The van der Waals surface area contributed by atoms with Gasteiger partial charge in [0.05, 0.1) is 6.54 Å². The van der Waals surface area contributed by atoms with E-state index in [9.17, 15) is 4.79 Å². The van der Waals surface area contributed by atoms with E-state index in [4.69, 9.17) is 22.3 Å². The van der Waals surface area contributed by atoms with Gasteiger partial charge in [0.1, 0.15) is 11.3 Å². The molecule has 0 aliphatic rings. The fourth-order valence-electron chi connectivity index (χ4n) is 3.08. The zero-order valence-electron chi connectivity index (χ0n) is 15.1. The van der Waals surface area contributed by atoms with E-state index in [1.807, 2.05) is 36.4 Å². The van der Waals surface area contributed by atoms with Gasteiger partial charge in [-0.15, -0.1) is 0 Å². The molecule has 1 aromatic carbocycles. The molecule has 6 heteroatoms. The Hall–Kier alpha value is -2.40. The molecule has 136 valence electrons. The van der Waals surface area contributed by atoms with Gasteiger partial charge in [0.2, 0.25) is 5.91 Å². The van der Waals surface area contributed by atoms with Crippen LogP contribution in [-0.4, -0.2) is 20.4 Å². The van der Waals surface area contributed by atoms with E-state index in [0.717, 1.165) is 34.0 Å². The van der Waals surface area contributed by atoms with E-state index >= 15 is 0 Å². The zero-order valence-corrected chi connectivity index (χ0v) is 15.8. The molecule has 26 heavy (non-hydrogen) atoms. The first kappa shape index (κ1) is 18.4. The van der Waals surface area contributed by atoms with E-state index in [-0.39, 0.29) is 11.3 Å². The molecule has 0 atom stereocenters. The van der Waals surface area contributed by atoms with Crippen molar-refractivity contribution in [1.82, 2.24) is 14.5 Å². The maximum Gasteiger partial charge on any atom is 0.217 e. The molecule has 1 amide bonds. The molecule has 0 spiro atoms. The lowest BCUT2D eigenvalue weighted by atomic mass is 9.84. The highest BCUT2D eigenvalue weighted by molar-refractivity contribution is 6.31. The fraction of sp³-hybridized carbons (Fsp3) is 0.350. The van der Waals surface area contributed by atoms with Crippen LogP contribution in [0.4, 0.5) is 0 Å². The van der Waals surface area contributed by atoms with Crippen LogP contribution in [0.1, 0.15) is 38.1 Å². The molecule has 0 saturated heterocycles. The second-order valence-electron chi connectivity index (χ2n) is 7.36. The molecule has 3 rings (SSSR count). The van der Waals surface area contributed by atoms with Crippen molar-refractivity contribution in [1.29, 1.82) is 0 Å². The van der Waals surface area contributed by atoms with Gasteiger partial charge in [-0.1, -0.05) is 43.6 Å². The molecule has 0 fully saturated rings. The Kier molecular flexibility index (Phi) is 5.28. The number of amides is 1. The first-order valence-electron chi connectivity index (χ1n) is 8.67. The third-order valence-electron chi connectivity index (χ3n) is 4.55. The third kappa shape index (κ3) is 4.22. The lowest BCUT2D eigenvalue weighted by Gasteiger charge is -2.24.